The van der Waals surface area contributed by atoms with Crippen molar-refractivity contribution in [2.24, 2.45) is 0 Å². The van der Waals surface area contributed by atoms with E-state index in [9.17, 15) is 13.2 Å². The van der Waals surface area contributed by atoms with Crippen LogP contribution in [0, 0.1) is 0 Å². The van der Waals surface area contributed by atoms with E-state index in [2.05, 4.69) is 22.9 Å². The lowest BCUT2D eigenvalue weighted by molar-refractivity contribution is -0.571. The highest BCUT2D eigenvalue weighted by Gasteiger charge is 2.11. The van der Waals surface area contributed by atoms with Gasteiger partial charge in [-0.2, -0.15) is 8.42 Å². The van der Waals surface area contributed by atoms with E-state index >= 15 is 0 Å². The maximum Gasteiger partial charge on any atom is 0.343 e. The van der Waals surface area contributed by atoms with E-state index in [1.165, 1.54) is 13.0 Å². The molecule has 0 saturated carbocycles. The molecule has 0 radical (unpaired) electrons. The lowest BCUT2D eigenvalue weighted by atomic mass is 10.1. The van der Waals surface area contributed by atoms with Crippen molar-refractivity contribution in [2.75, 3.05) is 32.1 Å². The fraction of sp³-hybridized carbons (Fsp3) is 0.375. The van der Waals surface area contributed by atoms with Crippen LogP contribution in [0.2, 0.25) is 0 Å². The van der Waals surface area contributed by atoms with Crippen LogP contribution in [0.15, 0.2) is 62.3 Å². The van der Waals surface area contributed by atoms with Crippen molar-refractivity contribution in [1.82, 2.24) is 0 Å². The zero-order valence-corrected chi connectivity index (χ0v) is 20.8. The van der Waals surface area contributed by atoms with Crippen LogP contribution in [0.1, 0.15) is 40.2 Å². The highest BCUT2D eigenvalue weighted by atomic mass is 32.2. The fourth-order valence-corrected chi connectivity index (χ4v) is 3.38. The smallest absolute Gasteiger partial charge is 0.343 e. The summed E-state index contributed by atoms with van der Waals surface area (Å²) in [5.74, 6) is 0. The summed E-state index contributed by atoms with van der Waals surface area (Å²) in [6, 6.07) is 7.62. The molecular formula is C24H35N2O5S+. The first-order chi connectivity index (χ1) is 15.2. The Balaban J connectivity index is 0.00000249. The molecule has 1 aromatic heterocycles. The van der Waals surface area contributed by atoms with Crippen molar-refractivity contribution in [1.29, 1.82) is 0 Å². The summed E-state index contributed by atoms with van der Waals surface area (Å²) in [6.45, 7) is 11.4. The molecule has 1 heterocycles. The van der Waals surface area contributed by atoms with Gasteiger partial charge in [0.15, 0.2) is 0 Å². The van der Waals surface area contributed by atoms with Crippen molar-refractivity contribution < 1.29 is 22.3 Å². The van der Waals surface area contributed by atoms with Gasteiger partial charge in [0.05, 0.1) is 24.6 Å². The van der Waals surface area contributed by atoms with Gasteiger partial charge in [0.2, 0.25) is 0 Å². The molecule has 176 valence electrons. The number of nitrogens with zero attached hydrogens (tertiary/aromatic N) is 1. The molecule has 0 atom stereocenters. The maximum atomic E-state index is 12.4. The highest BCUT2D eigenvalue weighted by Crippen LogP contribution is 2.22. The molecule has 0 saturated heterocycles. The van der Waals surface area contributed by atoms with Gasteiger partial charge in [0, 0.05) is 30.2 Å². The lowest BCUT2D eigenvalue weighted by Gasteiger charge is -2.20. The molecule has 2 N–H and O–H groups in total. The predicted molar refractivity (Wildman–Crippen MR) is 132 cm³/mol. The lowest BCUT2D eigenvalue weighted by Crippen LogP contribution is -2.76. The average molecular weight is 464 g/mol. The molecule has 1 aromatic carbocycles. The normalized spacial score (nSPS) is 12.7. The Hall–Kier alpha value is -2.68. The van der Waals surface area contributed by atoms with Crippen LogP contribution in [0.3, 0.4) is 0 Å². The van der Waals surface area contributed by atoms with Gasteiger partial charge in [0.1, 0.15) is 11.3 Å². The summed E-state index contributed by atoms with van der Waals surface area (Å²) in [4.78, 5) is 14.7. The average Bonchev–Trinajstić information content (AvgIpc) is 2.81. The first-order valence-electron chi connectivity index (χ1n) is 10.7. The maximum absolute atomic E-state index is 12.4. The minimum absolute atomic E-state index is 0.0898. The standard InChI is InChI=1S/C22H28N2O5S.C2H6/c1-6-24(7-2)20-13-10-17-14-18(22(25)29-21(17)15-20)9-12-19(23-4)11-8-16(3)30(26,27)28-5;1-2/h8-15,23H,6-7H2,1-5H3;1-2H3/p+1/b12-9+,16-8+,19-11-;. The molecule has 2 rings (SSSR count). The first kappa shape index (κ1) is 27.4. The minimum atomic E-state index is -3.70. The van der Waals surface area contributed by atoms with Gasteiger partial charge in [-0.15, -0.1) is 0 Å². The molecule has 32 heavy (non-hydrogen) atoms. The van der Waals surface area contributed by atoms with Gasteiger partial charge in [-0.05, 0) is 63.3 Å². The number of hydrogen-bond acceptors (Lipinski definition) is 6. The van der Waals surface area contributed by atoms with E-state index in [0.29, 0.717) is 11.1 Å². The largest absolute Gasteiger partial charge is 0.422 e. The third-order valence-corrected chi connectivity index (χ3v) is 6.15. The van der Waals surface area contributed by atoms with Crippen LogP contribution in [-0.2, 0) is 14.3 Å². The molecule has 0 amide bonds. The van der Waals surface area contributed by atoms with Crippen molar-refractivity contribution in [3.8, 4) is 0 Å². The van der Waals surface area contributed by atoms with Crippen LogP contribution in [0.4, 0.5) is 5.69 Å². The number of benzene rings is 1. The van der Waals surface area contributed by atoms with Gasteiger partial charge in [-0.3, -0.25) is 4.18 Å². The van der Waals surface area contributed by atoms with E-state index in [-0.39, 0.29) is 4.91 Å². The molecule has 7 nitrogen and oxygen atoms in total. The number of hydrogen-bond donors (Lipinski definition) is 1. The number of rotatable bonds is 9. The van der Waals surface area contributed by atoms with Crippen LogP contribution in [0.5, 0.6) is 0 Å². The van der Waals surface area contributed by atoms with Crippen molar-refractivity contribution in [2.45, 2.75) is 34.6 Å². The molecule has 2 aromatic rings. The molecule has 0 bridgehead atoms. The van der Waals surface area contributed by atoms with E-state index in [4.69, 9.17) is 4.42 Å². The second-order valence-corrected chi connectivity index (χ2v) is 8.46. The number of anilines is 1. The van der Waals surface area contributed by atoms with Crippen molar-refractivity contribution >= 4 is 32.9 Å². The number of fused-ring (bicyclic) bond motifs is 1. The third kappa shape index (κ3) is 7.19. The van der Waals surface area contributed by atoms with Gasteiger partial charge < -0.3 is 14.6 Å². The van der Waals surface area contributed by atoms with Gasteiger partial charge in [-0.25, -0.2) is 4.79 Å². The van der Waals surface area contributed by atoms with E-state index in [1.807, 2.05) is 39.1 Å². The molecule has 0 aliphatic heterocycles. The van der Waals surface area contributed by atoms with Gasteiger partial charge in [-0.1, -0.05) is 13.8 Å². The summed E-state index contributed by atoms with van der Waals surface area (Å²) in [7, 11) is -0.764. The second kappa shape index (κ2) is 13.0. The first-order valence-corrected chi connectivity index (χ1v) is 12.2. The van der Waals surface area contributed by atoms with E-state index < -0.39 is 15.7 Å². The van der Waals surface area contributed by atoms with E-state index in [0.717, 1.165) is 37.0 Å². The summed E-state index contributed by atoms with van der Waals surface area (Å²) in [5, 5.41) is 2.64. The summed E-state index contributed by atoms with van der Waals surface area (Å²) < 4.78 is 33.3. The summed E-state index contributed by atoms with van der Waals surface area (Å²) in [6.07, 6.45) is 6.48. The molecule has 0 spiro atoms. The van der Waals surface area contributed by atoms with Crippen LogP contribution in [0.25, 0.3) is 17.0 Å². The van der Waals surface area contributed by atoms with Crippen molar-refractivity contribution in [3.05, 3.63) is 69.1 Å². The zero-order chi connectivity index (χ0) is 24.3. The van der Waals surface area contributed by atoms with Crippen LogP contribution < -0.4 is 15.8 Å². The van der Waals surface area contributed by atoms with Gasteiger partial charge >= 0.3 is 5.63 Å². The van der Waals surface area contributed by atoms with Crippen LogP contribution >= 0.6 is 0 Å². The molecule has 8 heteroatoms. The van der Waals surface area contributed by atoms with Crippen molar-refractivity contribution in [3.63, 3.8) is 0 Å². The van der Waals surface area contributed by atoms with Crippen LogP contribution in [-0.4, -0.2) is 35.7 Å². The Morgan fingerprint density at radius 1 is 1.16 bits per heavy atom. The molecular weight excluding hydrogens is 428 g/mol. The van der Waals surface area contributed by atoms with E-state index in [1.54, 1.807) is 29.6 Å². The Morgan fingerprint density at radius 2 is 1.81 bits per heavy atom. The summed E-state index contributed by atoms with van der Waals surface area (Å²) >= 11 is 0. The third-order valence-electron chi connectivity index (χ3n) is 4.79. The zero-order valence-electron chi connectivity index (χ0n) is 20.0. The molecule has 0 fully saturated rings. The Morgan fingerprint density at radius 3 is 2.38 bits per heavy atom. The Labute approximate surface area is 191 Å². The topological polar surface area (TPSA) is 93.4 Å². The number of likely N-dealkylation sites (N-methyl/N-ethyl adjacent to an activating group) is 1. The summed E-state index contributed by atoms with van der Waals surface area (Å²) in [5.41, 5.74) is 2.27. The number of quaternary nitrogens is 1. The van der Waals surface area contributed by atoms with Gasteiger partial charge in [0.25, 0.3) is 10.1 Å². The predicted octanol–water partition coefficient (Wildman–Crippen LogP) is 3.64. The minimum Gasteiger partial charge on any atom is -0.422 e. The number of nitrogens with two attached hydrogens (primary N) is 1. The second-order valence-electron chi connectivity index (χ2n) is 6.57. The molecule has 0 aliphatic carbocycles. The molecule has 0 aliphatic rings. The Kier molecular flexibility index (Phi) is 11.1. The molecule has 0 unspecified atom stereocenters. The fourth-order valence-electron chi connectivity index (χ4n) is 2.88. The number of allylic oxidation sites excluding steroid dienone is 4. The quantitative estimate of drug-likeness (QED) is 0.347. The highest BCUT2D eigenvalue weighted by molar-refractivity contribution is 7.90. The Bertz CT molecular complexity index is 1140. The monoisotopic (exact) mass is 463 g/mol. The SMILES string of the molecule is CC.CCN(CC)c1ccc2cc(/C=C/C(=C/C=C(\C)S(=O)(=O)OC)[NH2+]C)c(=O)oc2c1.